The minimum atomic E-state index is -1.19. The highest BCUT2D eigenvalue weighted by Crippen LogP contribution is 2.45. The maximum atomic E-state index is 13.4. The van der Waals surface area contributed by atoms with Crippen LogP contribution in [-0.4, -0.2) is 46.9 Å². The van der Waals surface area contributed by atoms with Gasteiger partial charge in [0.1, 0.15) is 12.1 Å². The van der Waals surface area contributed by atoms with Gasteiger partial charge in [0, 0.05) is 42.3 Å². The molecule has 2 saturated heterocycles. The number of nitrogens with zero attached hydrogens (tertiary/aromatic N) is 2. The Morgan fingerprint density at radius 1 is 0.968 bits per heavy atom. The van der Waals surface area contributed by atoms with Gasteiger partial charge in [-0.05, 0) is 12.1 Å². The van der Waals surface area contributed by atoms with E-state index in [0.29, 0.717) is 18.8 Å². The second kappa shape index (κ2) is 7.94. The number of hydrogen-bond donors (Lipinski definition) is 2. The lowest BCUT2D eigenvalue weighted by Crippen LogP contribution is -2.65. The number of carbonyl (C=O) groups is 2. The number of hydrogen-bond acceptors (Lipinski definition) is 6. The van der Waals surface area contributed by atoms with Gasteiger partial charge in [0.25, 0.3) is 0 Å². The molecule has 2 aliphatic heterocycles. The van der Waals surface area contributed by atoms with E-state index in [2.05, 4.69) is 15.6 Å². The minimum Gasteiger partial charge on any atom is -0.434 e. The number of anilines is 1. The molecule has 156 valence electrons. The van der Waals surface area contributed by atoms with E-state index in [9.17, 15) is 9.59 Å². The van der Waals surface area contributed by atoms with Crippen LogP contribution >= 0.6 is 0 Å². The quantitative estimate of drug-likeness (QED) is 0.637. The SMILES string of the molecule is O=C(Nc1ccncc1)C1CNCC2C(=O)OC(c3ccccc3)(c3ccccc3)N12. The van der Waals surface area contributed by atoms with Crippen molar-refractivity contribution in [1.82, 2.24) is 15.2 Å². The highest BCUT2D eigenvalue weighted by Gasteiger charge is 2.60. The number of rotatable bonds is 4. The second-order valence-corrected chi connectivity index (χ2v) is 7.62. The Kier molecular flexibility index (Phi) is 4.97. The Bertz CT molecular complexity index is 1040. The fraction of sp³-hybridized carbons (Fsp3) is 0.208. The molecule has 2 aromatic carbocycles. The number of pyridine rings is 1. The number of ether oxygens (including phenoxy) is 1. The molecule has 5 rings (SSSR count). The van der Waals surface area contributed by atoms with Crippen LogP contribution in [0.4, 0.5) is 5.69 Å². The summed E-state index contributed by atoms with van der Waals surface area (Å²) in [4.78, 5) is 32.4. The summed E-state index contributed by atoms with van der Waals surface area (Å²) in [5, 5.41) is 6.18. The maximum absolute atomic E-state index is 13.4. The molecule has 3 aromatic rings. The van der Waals surface area contributed by atoms with Gasteiger partial charge in [0.15, 0.2) is 0 Å². The number of nitrogens with one attached hydrogen (secondary N) is 2. The van der Waals surface area contributed by atoms with Gasteiger partial charge in [-0.25, -0.2) is 4.90 Å². The second-order valence-electron chi connectivity index (χ2n) is 7.62. The van der Waals surface area contributed by atoms with Gasteiger partial charge in [0.05, 0.1) is 0 Å². The number of fused-ring (bicyclic) bond motifs is 1. The van der Waals surface area contributed by atoms with Crippen molar-refractivity contribution in [3.05, 3.63) is 96.3 Å². The molecule has 7 nitrogen and oxygen atoms in total. The van der Waals surface area contributed by atoms with Crippen LogP contribution in [0, 0.1) is 0 Å². The van der Waals surface area contributed by atoms with Crippen LogP contribution in [-0.2, 0) is 20.1 Å². The maximum Gasteiger partial charge on any atom is 0.327 e. The van der Waals surface area contributed by atoms with Crippen molar-refractivity contribution in [3.8, 4) is 0 Å². The third kappa shape index (κ3) is 3.28. The van der Waals surface area contributed by atoms with Crippen molar-refractivity contribution in [2.75, 3.05) is 18.4 Å². The van der Waals surface area contributed by atoms with Crippen LogP contribution in [0.15, 0.2) is 85.2 Å². The number of amides is 1. The summed E-state index contributed by atoms with van der Waals surface area (Å²) in [5.74, 6) is -0.556. The number of aromatic nitrogens is 1. The lowest BCUT2D eigenvalue weighted by atomic mass is 9.90. The molecule has 0 radical (unpaired) electrons. The van der Waals surface area contributed by atoms with E-state index in [0.717, 1.165) is 11.1 Å². The van der Waals surface area contributed by atoms with Gasteiger partial charge in [-0.3, -0.25) is 14.6 Å². The molecule has 1 amide bonds. The molecule has 2 fully saturated rings. The summed E-state index contributed by atoms with van der Waals surface area (Å²) >= 11 is 0. The first kappa shape index (κ1) is 19.4. The topological polar surface area (TPSA) is 83.6 Å². The summed E-state index contributed by atoms with van der Waals surface area (Å²) in [6.07, 6.45) is 3.25. The molecule has 1 aromatic heterocycles. The van der Waals surface area contributed by atoms with Gasteiger partial charge >= 0.3 is 5.97 Å². The molecule has 0 saturated carbocycles. The third-order valence-corrected chi connectivity index (χ3v) is 5.81. The summed E-state index contributed by atoms with van der Waals surface area (Å²) in [6.45, 7) is 0.810. The van der Waals surface area contributed by atoms with Gasteiger partial charge in [0.2, 0.25) is 11.6 Å². The lowest BCUT2D eigenvalue weighted by molar-refractivity contribution is -0.152. The molecule has 0 spiro atoms. The van der Waals surface area contributed by atoms with Crippen LogP contribution in [0.1, 0.15) is 11.1 Å². The van der Waals surface area contributed by atoms with Crippen LogP contribution in [0.2, 0.25) is 0 Å². The summed E-state index contributed by atoms with van der Waals surface area (Å²) in [6, 6.07) is 21.5. The Morgan fingerprint density at radius 2 is 1.58 bits per heavy atom. The predicted octanol–water partition coefficient (Wildman–Crippen LogP) is 2.12. The van der Waals surface area contributed by atoms with E-state index < -0.39 is 17.8 Å². The van der Waals surface area contributed by atoms with Gasteiger partial charge in [-0.1, -0.05) is 60.7 Å². The Morgan fingerprint density at radius 3 is 2.19 bits per heavy atom. The first-order valence-electron chi connectivity index (χ1n) is 10.2. The van der Waals surface area contributed by atoms with E-state index in [1.165, 1.54) is 0 Å². The molecule has 2 aliphatic rings. The van der Waals surface area contributed by atoms with Crippen molar-refractivity contribution in [3.63, 3.8) is 0 Å². The van der Waals surface area contributed by atoms with Crippen LogP contribution < -0.4 is 10.6 Å². The monoisotopic (exact) mass is 414 g/mol. The lowest BCUT2D eigenvalue weighted by Gasteiger charge is -2.44. The number of benzene rings is 2. The molecule has 2 atom stereocenters. The van der Waals surface area contributed by atoms with Gasteiger partial charge in [-0.2, -0.15) is 0 Å². The van der Waals surface area contributed by atoms with E-state index in [4.69, 9.17) is 4.74 Å². The molecule has 7 heteroatoms. The average molecular weight is 414 g/mol. The zero-order valence-electron chi connectivity index (χ0n) is 16.8. The Labute approximate surface area is 180 Å². The number of piperazine rings is 1. The van der Waals surface area contributed by atoms with E-state index >= 15 is 0 Å². The molecule has 0 bridgehead atoms. The molecular weight excluding hydrogens is 392 g/mol. The van der Waals surface area contributed by atoms with Crippen LogP contribution in [0.5, 0.6) is 0 Å². The summed E-state index contributed by atoms with van der Waals surface area (Å²) in [7, 11) is 0. The highest BCUT2D eigenvalue weighted by atomic mass is 16.6. The number of cyclic esters (lactones) is 1. The fourth-order valence-electron chi connectivity index (χ4n) is 4.46. The van der Waals surface area contributed by atoms with Crippen molar-refractivity contribution in [1.29, 1.82) is 0 Å². The molecule has 0 aliphatic carbocycles. The molecule has 3 heterocycles. The van der Waals surface area contributed by atoms with Crippen molar-refractivity contribution >= 4 is 17.6 Å². The largest absolute Gasteiger partial charge is 0.434 e. The molecular formula is C24H22N4O3. The van der Waals surface area contributed by atoms with E-state index in [1.54, 1.807) is 24.5 Å². The van der Waals surface area contributed by atoms with Crippen LogP contribution in [0.25, 0.3) is 0 Å². The average Bonchev–Trinajstić information content (AvgIpc) is 3.14. The first-order valence-corrected chi connectivity index (χ1v) is 10.2. The normalized spacial score (nSPS) is 22.4. The number of carbonyl (C=O) groups excluding carboxylic acids is 2. The zero-order chi connectivity index (χ0) is 21.3. The fourth-order valence-corrected chi connectivity index (χ4v) is 4.46. The van der Waals surface area contributed by atoms with Crippen molar-refractivity contribution in [2.24, 2.45) is 0 Å². The standard InChI is InChI=1S/C24H22N4O3/c29-22(27-19-11-13-25-14-12-19)20-15-26-16-21-23(30)31-24(28(20)21,17-7-3-1-4-8-17)18-9-5-2-6-10-18/h1-14,20-21,26H,15-16H2,(H,25,27,29). The molecule has 2 unspecified atom stereocenters. The van der Waals surface area contributed by atoms with E-state index in [1.807, 2.05) is 65.6 Å². The highest BCUT2D eigenvalue weighted by molar-refractivity contribution is 5.96. The summed E-state index contributed by atoms with van der Waals surface area (Å²) in [5.41, 5.74) is 1.08. The minimum absolute atomic E-state index is 0.210. The number of esters is 1. The van der Waals surface area contributed by atoms with Crippen molar-refractivity contribution in [2.45, 2.75) is 17.8 Å². The third-order valence-electron chi connectivity index (χ3n) is 5.81. The Hall–Kier alpha value is -3.55. The van der Waals surface area contributed by atoms with E-state index in [-0.39, 0.29) is 11.9 Å². The first-order chi connectivity index (χ1) is 15.2. The van der Waals surface area contributed by atoms with Crippen molar-refractivity contribution < 1.29 is 14.3 Å². The smallest absolute Gasteiger partial charge is 0.327 e. The Balaban J connectivity index is 1.62. The molecule has 2 N–H and O–H groups in total. The van der Waals surface area contributed by atoms with Gasteiger partial charge < -0.3 is 15.4 Å². The van der Waals surface area contributed by atoms with Crippen LogP contribution in [0.3, 0.4) is 0 Å². The predicted molar refractivity (Wildman–Crippen MR) is 115 cm³/mol. The molecule has 31 heavy (non-hydrogen) atoms. The van der Waals surface area contributed by atoms with Gasteiger partial charge in [-0.15, -0.1) is 0 Å². The zero-order valence-corrected chi connectivity index (χ0v) is 16.8. The summed E-state index contributed by atoms with van der Waals surface area (Å²) < 4.78 is 6.16.